The van der Waals surface area contributed by atoms with Crippen LogP contribution in [0.25, 0.3) is 0 Å². The first-order valence-corrected chi connectivity index (χ1v) is 11.7. The fraction of sp³-hybridized carbons (Fsp3) is 0.130. The largest absolute Gasteiger partial charge is 0.501 e. The van der Waals surface area contributed by atoms with E-state index < -0.39 is 38.1 Å². The second-order valence-corrected chi connectivity index (χ2v) is 9.50. The minimum atomic E-state index is -5.57. The van der Waals surface area contributed by atoms with Crippen molar-refractivity contribution in [2.45, 2.75) is 16.9 Å². The Balaban J connectivity index is 1.48. The number of aromatic nitrogens is 1. The van der Waals surface area contributed by atoms with Crippen LogP contribution in [0.5, 0.6) is 5.75 Å². The van der Waals surface area contributed by atoms with Crippen LogP contribution < -0.4 is 9.64 Å². The molecular weight excluding hydrogens is 503 g/mol. The van der Waals surface area contributed by atoms with Crippen molar-refractivity contribution in [3.8, 4) is 5.75 Å². The lowest BCUT2D eigenvalue weighted by Crippen LogP contribution is -2.33. The Morgan fingerprint density at radius 1 is 1.00 bits per heavy atom. The zero-order valence-electron chi connectivity index (χ0n) is 18.2. The highest BCUT2D eigenvalue weighted by molar-refractivity contribution is 7.92. The summed E-state index contributed by atoms with van der Waals surface area (Å²) < 4.78 is 66.5. The molecule has 0 spiro atoms. The van der Waals surface area contributed by atoms with Gasteiger partial charge in [-0.3, -0.25) is 4.79 Å². The number of hydrogen-bond donors (Lipinski definition) is 0. The average Bonchev–Trinajstić information content (AvgIpc) is 3.11. The molecular formula is C23H16F3N3O6S. The van der Waals surface area contributed by atoms with Crippen molar-refractivity contribution in [3.63, 3.8) is 0 Å². The smallest absolute Gasteiger partial charge is 0.422 e. The van der Waals surface area contributed by atoms with Crippen molar-refractivity contribution in [1.29, 1.82) is 0 Å². The molecule has 0 radical (unpaired) electrons. The molecule has 1 aliphatic heterocycles. The van der Waals surface area contributed by atoms with E-state index in [0.29, 0.717) is 23.4 Å². The molecule has 3 aromatic rings. The summed E-state index contributed by atoms with van der Waals surface area (Å²) in [6, 6.07) is 13.7. The maximum Gasteiger partial charge on any atom is 0.501 e. The normalized spacial score (nSPS) is 14.3. The van der Waals surface area contributed by atoms with Crippen molar-refractivity contribution in [3.05, 3.63) is 84.2 Å². The third kappa shape index (κ3) is 4.91. The van der Waals surface area contributed by atoms with E-state index in [-0.39, 0.29) is 24.5 Å². The standard InChI is InChI=1S/C23H16F3N3O6S/c24-23(25,26)36(33,34)18-8-6-16(7-9-18)29-20(30)14-28(22(29)32)13-15-10-11-27-19(12-15)21(31)35-17-4-2-1-3-5-17/h1-12H,13-14H2. The van der Waals surface area contributed by atoms with Crippen LogP contribution in [0.4, 0.5) is 23.7 Å². The summed E-state index contributed by atoms with van der Waals surface area (Å²) in [7, 11) is -5.57. The molecule has 36 heavy (non-hydrogen) atoms. The molecule has 0 aliphatic carbocycles. The lowest BCUT2D eigenvalue weighted by atomic mass is 10.2. The van der Waals surface area contributed by atoms with Gasteiger partial charge in [0.2, 0.25) is 0 Å². The van der Waals surface area contributed by atoms with E-state index in [1.165, 1.54) is 18.3 Å². The number of esters is 1. The van der Waals surface area contributed by atoms with Gasteiger partial charge in [0.15, 0.2) is 0 Å². The maximum absolute atomic E-state index is 12.8. The van der Waals surface area contributed by atoms with Crippen LogP contribution in [0.1, 0.15) is 16.1 Å². The summed E-state index contributed by atoms with van der Waals surface area (Å²) >= 11 is 0. The molecule has 0 atom stereocenters. The number of ether oxygens (including phenoxy) is 1. The molecule has 3 amide bonds. The lowest BCUT2D eigenvalue weighted by molar-refractivity contribution is -0.116. The van der Waals surface area contributed by atoms with Crippen molar-refractivity contribution in [2.75, 3.05) is 11.4 Å². The van der Waals surface area contributed by atoms with Crippen LogP contribution in [0.15, 0.2) is 77.8 Å². The number of hydrogen-bond acceptors (Lipinski definition) is 7. The number of urea groups is 1. The molecule has 1 aromatic heterocycles. The number of imide groups is 1. The van der Waals surface area contributed by atoms with Gasteiger partial charge in [-0.2, -0.15) is 13.2 Å². The average molecular weight is 519 g/mol. The first-order valence-electron chi connectivity index (χ1n) is 10.2. The van der Waals surface area contributed by atoms with Gasteiger partial charge in [-0.1, -0.05) is 18.2 Å². The van der Waals surface area contributed by atoms with Gasteiger partial charge < -0.3 is 9.64 Å². The number of alkyl halides is 3. The minimum absolute atomic E-state index is 0.0207. The first-order chi connectivity index (χ1) is 17.0. The summed E-state index contributed by atoms with van der Waals surface area (Å²) in [5.74, 6) is -1.06. The van der Waals surface area contributed by atoms with Crippen molar-refractivity contribution < 1.29 is 40.7 Å². The number of sulfone groups is 1. The predicted molar refractivity (Wildman–Crippen MR) is 119 cm³/mol. The van der Waals surface area contributed by atoms with E-state index in [9.17, 15) is 36.0 Å². The van der Waals surface area contributed by atoms with Gasteiger partial charge in [-0.25, -0.2) is 27.9 Å². The Hall–Kier alpha value is -4.26. The van der Waals surface area contributed by atoms with Gasteiger partial charge in [-0.15, -0.1) is 0 Å². The molecule has 0 saturated carbocycles. The molecule has 2 heterocycles. The molecule has 1 aliphatic rings. The molecule has 9 nitrogen and oxygen atoms in total. The predicted octanol–water partition coefficient (Wildman–Crippen LogP) is 3.56. The van der Waals surface area contributed by atoms with E-state index in [4.69, 9.17) is 4.74 Å². The number of halogens is 3. The molecule has 0 unspecified atom stereocenters. The summed E-state index contributed by atoms with van der Waals surface area (Å²) in [5.41, 5.74) is -5.12. The van der Waals surface area contributed by atoms with Gasteiger partial charge in [0, 0.05) is 12.7 Å². The number of carbonyl (C=O) groups is 3. The number of rotatable bonds is 6. The van der Waals surface area contributed by atoms with Gasteiger partial charge in [-0.05, 0) is 54.1 Å². The molecule has 2 aromatic carbocycles. The van der Waals surface area contributed by atoms with Crippen LogP contribution in [0.2, 0.25) is 0 Å². The van der Waals surface area contributed by atoms with Crippen molar-refractivity contribution >= 4 is 33.4 Å². The highest BCUT2D eigenvalue weighted by Gasteiger charge is 2.47. The SMILES string of the molecule is O=C(Oc1ccccc1)c1cc(CN2CC(=O)N(c3ccc(S(=O)(=O)C(F)(F)F)cc3)C2=O)ccn1. The van der Waals surface area contributed by atoms with Crippen LogP contribution in [0, 0.1) is 0 Å². The quantitative estimate of drug-likeness (QED) is 0.278. The minimum Gasteiger partial charge on any atom is -0.422 e. The van der Waals surface area contributed by atoms with E-state index in [0.717, 1.165) is 21.9 Å². The van der Waals surface area contributed by atoms with Crippen molar-refractivity contribution in [2.24, 2.45) is 0 Å². The molecule has 1 fully saturated rings. The number of carbonyl (C=O) groups excluding carboxylic acids is 3. The monoisotopic (exact) mass is 519 g/mol. The van der Waals surface area contributed by atoms with Gasteiger partial charge in [0.05, 0.1) is 10.6 Å². The molecule has 0 N–H and O–H groups in total. The van der Waals surface area contributed by atoms with Crippen LogP contribution in [-0.2, 0) is 21.2 Å². The summed E-state index contributed by atoms with van der Waals surface area (Å²) in [4.78, 5) is 42.6. The Bertz CT molecular complexity index is 1430. The van der Waals surface area contributed by atoms with Crippen LogP contribution in [0.3, 0.4) is 0 Å². The van der Waals surface area contributed by atoms with Gasteiger partial charge >= 0.3 is 17.5 Å². The number of para-hydroxylation sites is 1. The van der Waals surface area contributed by atoms with E-state index in [1.807, 2.05) is 0 Å². The number of amides is 3. The van der Waals surface area contributed by atoms with Gasteiger partial charge in [0.25, 0.3) is 15.7 Å². The Morgan fingerprint density at radius 2 is 1.67 bits per heavy atom. The second-order valence-electron chi connectivity index (χ2n) is 7.56. The number of anilines is 1. The molecule has 0 bridgehead atoms. The van der Waals surface area contributed by atoms with E-state index in [2.05, 4.69) is 4.98 Å². The molecule has 13 heteroatoms. The molecule has 186 valence electrons. The first kappa shape index (κ1) is 24.9. The topological polar surface area (TPSA) is 114 Å². The van der Waals surface area contributed by atoms with E-state index >= 15 is 0 Å². The maximum atomic E-state index is 12.8. The van der Waals surface area contributed by atoms with Crippen molar-refractivity contribution in [1.82, 2.24) is 9.88 Å². The zero-order valence-corrected chi connectivity index (χ0v) is 19.0. The molecule has 4 rings (SSSR count). The highest BCUT2D eigenvalue weighted by Crippen LogP contribution is 2.32. The summed E-state index contributed by atoms with van der Waals surface area (Å²) in [5, 5.41) is 0. The zero-order chi connectivity index (χ0) is 26.1. The Morgan fingerprint density at radius 3 is 2.31 bits per heavy atom. The summed E-state index contributed by atoms with van der Waals surface area (Å²) in [6.07, 6.45) is 1.34. The van der Waals surface area contributed by atoms with Gasteiger partial charge in [0.1, 0.15) is 18.0 Å². The third-order valence-electron chi connectivity index (χ3n) is 5.11. The second kappa shape index (κ2) is 9.41. The number of pyridine rings is 1. The fourth-order valence-corrected chi connectivity index (χ4v) is 4.15. The number of benzene rings is 2. The summed E-state index contributed by atoms with van der Waals surface area (Å²) in [6.45, 7) is -0.413. The molecule has 1 saturated heterocycles. The van der Waals surface area contributed by atoms with Crippen LogP contribution >= 0.6 is 0 Å². The lowest BCUT2D eigenvalue weighted by Gasteiger charge is -2.18. The Kier molecular flexibility index (Phi) is 6.50. The fourth-order valence-electron chi connectivity index (χ4n) is 3.39. The van der Waals surface area contributed by atoms with E-state index in [1.54, 1.807) is 30.3 Å². The highest BCUT2D eigenvalue weighted by atomic mass is 32.2. The Labute approximate surface area is 202 Å². The number of nitrogens with zero attached hydrogens (tertiary/aromatic N) is 3. The third-order valence-corrected chi connectivity index (χ3v) is 6.61. The van der Waals surface area contributed by atoms with Crippen LogP contribution in [-0.4, -0.2) is 48.3 Å².